The lowest BCUT2D eigenvalue weighted by atomic mass is 10.1. The maximum Gasteiger partial charge on any atom is 0.459 e. The molecule has 3 unspecified atom stereocenters. The van der Waals surface area contributed by atoms with E-state index in [2.05, 4.69) is 26.0 Å². The lowest BCUT2D eigenvalue weighted by Crippen LogP contribution is -2.42. The fourth-order valence-corrected chi connectivity index (χ4v) is 6.23. The molecular weight excluding hydrogens is 645 g/mol. The monoisotopic (exact) mass is 677 g/mol. The van der Waals surface area contributed by atoms with E-state index in [-0.39, 0.29) is 30.3 Å². The van der Waals surface area contributed by atoms with Crippen molar-refractivity contribution in [3.05, 3.63) is 104 Å². The number of halogens is 1. The van der Waals surface area contributed by atoms with E-state index >= 15 is 0 Å². The quantitative estimate of drug-likeness (QED) is 0.178. The fraction of sp³-hybridized carbons (Fsp3) is 0.345. The zero-order chi connectivity index (χ0) is 31.0. The molecule has 4 rings (SSSR count). The second-order valence-electron chi connectivity index (χ2n) is 10.1. The van der Waals surface area contributed by atoms with Crippen LogP contribution >= 0.6 is 23.7 Å². The Labute approximate surface area is 256 Å². The third-order valence-electron chi connectivity index (χ3n) is 6.57. The average Bonchev–Trinajstić information content (AvgIpc) is 3.36. The Kier molecular flexibility index (Phi) is 11.3. The van der Waals surface area contributed by atoms with Gasteiger partial charge in [-0.3, -0.25) is 23.7 Å². The summed E-state index contributed by atoms with van der Waals surface area (Å²) in [5, 5.41) is 13.4. The van der Waals surface area contributed by atoms with E-state index < -0.39 is 56.0 Å². The molecule has 1 aliphatic rings. The van der Waals surface area contributed by atoms with Crippen molar-refractivity contribution in [2.45, 2.75) is 51.4 Å². The summed E-state index contributed by atoms with van der Waals surface area (Å²) < 4.78 is 38.1. The normalized spacial score (nSPS) is 20.6. The first-order valence-corrected chi connectivity index (χ1v) is 16.0. The summed E-state index contributed by atoms with van der Waals surface area (Å²) in [6, 6.07) is 16.3. The Hall–Kier alpha value is -3.32. The van der Waals surface area contributed by atoms with Crippen LogP contribution in [0.25, 0.3) is 6.08 Å². The molecule has 0 amide bonds. The van der Waals surface area contributed by atoms with E-state index in [1.807, 2.05) is 30.3 Å². The maximum absolute atomic E-state index is 14.1. The van der Waals surface area contributed by atoms with Crippen LogP contribution in [-0.2, 0) is 30.0 Å². The first-order valence-electron chi connectivity index (χ1n) is 13.5. The van der Waals surface area contributed by atoms with E-state index in [9.17, 15) is 24.1 Å². The van der Waals surface area contributed by atoms with Crippen molar-refractivity contribution >= 4 is 35.7 Å². The third kappa shape index (κ3) is 8.85. The summed E-state index contributed by atoms with van der Waals surface area (Å²) in [6.45, 7) is 3.12. The van der Waals surface area contributed by atoms with Crippen LogP contribution in [0.5, 0.6) is 5.75 Å². The van der Waals surface area contributed by atoms with Crippen LogP contribution in [0.4, 0.5) is 0 Å². The Morgan fingerprint density at radius 3 is 2.51 bits per heavy atom. The standard InChI is InChI=1S/C29H33BrN3O9P/c1-19(2)26(28(36)39-17-20-9-5-3-6-10-20)32-43(38,42-22-11-7-4-8-12-22)40-18-24-23(34)15-25(41-24)33-16-21(13-14-30)27(35)31-29(33)37/h3-14,16,19,23-26,34H,15,17-18H2,1-2H3,(H,32,38)(H,31,35,37)/b14-13+/t23-,24?,25-,26?,43?/m1/s1. The predicted molar refractivity (Wildman–Crippen MR) is 162 cm³/mol. The number of nitrogens with zero attached hydrogens (tertiary/aromatic N) is 1. The molecule has 3 aromatic rings. The number of ether oxygens (including phenoxy) is 2. The van der Waals surface area contributed by atoms with E-state index in [4.69, 9.17) is 18.5 Å². The molecule has 14 heteroatoms. The second-order valence-corrected chi connectivity index (χ2v) is 12.3. The fourth-order valence-electron chi connectivity index (χ4n) is 4.28. The molecule has 5 atom stereocenters. The molecule has 1 fully saturated rings. The highest BCUT2D eigenvalue weighted by Crippen LogP contribution is 2.46. The number of esters is 1. The number of aliphatic hydroxyl groups is 1. The Bertz CT molecular complexity index is 1560. The molecule has 0 saturated carbocycles. The van der Waals surface area contributed by atoms with Crippen LogP contribution in [-0.4, -0.2) is 45.5 Å². The van der Waals surface area contributed by atoms with E-state index in [1.165, 1.54) is 17.3 Å². The SMILES string of the molecule is CC(C)C(NP(=O)(OCC1O[C@@H](n2cc(/C=C/Br)c(=O)[nH]c2=O)C[C@H]1O)Oc1ccccc1)C(=O)OCc1ccccc1. The number of nitrogens with one attached hydrogen (secondary N) is 2. The molecule has 0 aliphatic carbocycles. The highest BCUT2D eigenvalue weighted by Gasteiger charge is 2.41. The Balaban J connectivity index is 1.50. The minimum atomic E-state index is -4.28. The van der Waals surface area contributed by atoms with Crippen LogP contribution in [0.2, 0.25) is 0 Å². The number of aromatic amines is 1. The smallest absolute Gasteiger partial charge is 0.459 e. The van der Waals surface area contributed by atoms with Crippen LogP contribution in [0.15, 0.2) is 81.4 Å². The lowest BCUT2D eigenvalue weighted by molar-refractivity contribution is -0.148. The van der Waals surface area contributed by atoms with Gasteiger partial charge in [0.05, 0.1) is 18.3 Å². The lowest BCUT2D eigenvalue weighted by Gasteiger charge is -2.27. The molecule has 1 aliphatic heterocycles. The highest BCUT2D eigenvalue weighted by atomic mass is 79.9. The van der Waals surface area contributed by atoms with Crippen LogP contribution in [0.1, 0.15) is 37.6 Å². The molecule has 0 spiro atoms. The first kappa shape index (κ1) is 32.6. The van der Waals surface area contributed by atoms with Crippen molar-refractivity contribution in [2.75, 3.05) is 6.61 Å². The average molecular weight is 678 g/mol. The number of aliphatic hydroxyl groups excluding tert-OH is 1. The first-order chi connectivity index (χ1) is 20.6. The number of aromatic nitrogens is 2. The van der Waals surface area contributed by atoms with Crippen molar-refractivity contribution in [2.24, 2.45) is 5.92 Å². The van der Waals surface area contributed by atoms with Crippen LogP contribution in [0, 0.1) is 5.92 Å². The van der Waals surface area contributed by atoms with Gasteiger partial charge in [0, 0.05) is 12.6 Å². The van der Waals surface area contributed by atoms with Gasteiger partial charge in [-0.15, -0.1) is 0 Å². The molecular formula is C29H33BrN3O9P. The largest absolute Gasteiger partial charge is 0.460 e. The van der Waals surface area contributed by atoms with Crippen molar-refractivity contribution in [3.8, 4) is 5.75 Å². The predicted octanol–water partition coefficient (Wildman–Crippen LogP) is 4.11. The van der Waals surface area contributed by atoms with Gasteiger partial charge in [-0.05, 0) is 34.7 Å². The van der Waals surface area contributed by atoms with Gasteiger partial charge >= 0.3 is 19.4 Å². The number of carbonyl (C=O) groups excluding carboxylic acids is 1. The number of carbonyl (C=O) groups is 1. The number of H-pyrrole nitrogens is 1. The summed E-state index contributed by atoms with van der Waals surface area (Å²) in [4.78, 5) is 41.3. The molecule has 0 bridgehead atoms. The molecule has 2 heterocycles. The minimum Gasteiger partial charge on any atom is -0.460 e. The molecule has 0 radical (unpaired) electrons. The van der Waals surface area contributed by atoms with Gasteiger partial charge in [0.25, 0.3) is 5.56 Å². The van der Waals surface area contributed by atoms with Crippen LogP contribution in [0.3, 0.4) is 0 Å². The Morgan fingerprint density at radius 2 is 1.86 bits per heavy atom. The molecule has 2 aromatic carbocycles. The van der Waals surface area contributed by atoms with Gasteiger partial charge in [0.15, 0.2) is 0 Å². The van der Waals surface area contributed by atoms with Gasteiger partial charge < -0.3 is 19.1 Å². The third-order valence-corrected chi connectivity index (χ3v) is 8.37. The molecule has 1 aromatic heterocycles. The van der Waals surface area contributed by atoms with E-state index in [0.29, 0.717) is 0 Å². The van der Waals surface area contributed by atoms with Gasteiger partial charge in [0.1, 0.15) is 30.7 Å². The second kappa shape index (κ2) is 14.9. The van der Waals surface area contributed by atoms with E-state index in [1.54, 1.807) is 44.2 Å². The minimum absolute atomic E-state index is 0.00481. The van der Waals surface area contributed by atoms with Gasteiger partial charge in [0.2, 0.25) is 0 Å². The topological polar surface area (TPSA) is 158 Å². The van der Waals surface area contributed by atoms with Gasteiger partial charge in [-0.25, -0.2) is 9.36 Å². The zero-order valence-electron chi connectivity index (χ0n) is 23.5. The number of para-hydroxylation sites is 1. The van der Waals surface area contributed by atoms with Crippen molar-refractivity contribution < 1.29 is 33.0 Å². The molecule has 3 N–H and O–H groups in total. The van der Waals surface area contributed by atoms with E-state index in [0.717, 1.165) is 10.1 Å². The molecule has 1 saturated heterocycles. The van der Waals surface area contributed by atoms with Gasteiger partial charge in [-0.1, -0.05) is 78.3 Å². The van der Waals surface area contributed by atoms with Gasteiger partial charge in [-0.2, -0.15) is 5.09 Å². The Morgan fingerprint density at radius 1 is 1.19 bits per heavy atom. The summed E-state index contributed by atoms with van der Waals surface area (Å²) in [7, 11) is -4.28. The summed E-state index contributed by atoms with van der Waals surface area (Å²) in [6.07, 6.45) is -0.292. The zero-order valence-corrected chi connectivity index (χ0v) is 26.0. The van der Waals surface area contributed by atoms with Crippen molar-refractivity contribution in [1.82, 2.24) is 14.6 Å². The number of hydrogen-bond acceptors (Lipinski definition) is 9. The number of rotatable bonds is 13. The van der Waals surface area contributed by atoms with Crippen molar-refractivity contribution in [1.29, 1.82) is 0 Å². The summed E-state index contributed by atoms with van der Waals surface area (Å²) in [5.41, 5.74) is -0.318. The van der Waals surface area contributed by atoms with Crippen molar-refractivity contribution in [3.63, 3.8) is 0 Å². The number of hydrogen-bond donors (Lipinski definition) is 3. The summed E-state index contributed by atoms with van der Waals surface area (Å²) in [5.74, 6) is -0.800. The van der Waals surface area contributed by atoms with Crippen LogP contribution < -0.4 is 20.9 Å². The molecule has 12 nitrogen and oxygen atoms in total. The molecule has 230 valence electrons. The highest BCUT2D eigenvalue weighted by molar-refractivity contribution is 9.11. The maximum atomic E-state index is 14.1. The number of benzene rings is 2. The molecule has 43 heavy (non-hydrogen) atoms. The summed E-state index contributed by atoms with van der Waals surface area (Å²) >= 11 is 3.10.